The highest BCUT2D eigenvalue weighted by Crippen LogP contribution is 2.20. The van der Waals surface area contributed by atoms with Crippen LogP contribution in [0.5, 0.6) is 0 Å². The van der Waals surface area contributed by atoms with Gasteiger partial charge in [0.25, 0.3) is 0 Å². The summed E-state index contributed by atoms with van der Waals surface area (Å²) < 4.78 is 108. The Morgan fingerprint density at radius 2 is 1.12 bits per heavy atom. The average Bonchev–Trinajstić information content (AvgIpc) is 3.14. The van der Waals surface area contributed by atoms with Gasteiger partial charge >= 0.3 is 42.4 Å². The van der Waals surface area contributed by atoms with Crippen molar-refractivity contribution in [3.8, 4) is 0 Å². The molecule has 1 saturated heterocycles. The fourth-order valence-electron chi connectivity index (χ4n) is 4.63. The number of unbranched alkanes of at least 4 members (excludes halogenated alkanes) is 3. The van der Waals surface area contributed by atoms with Crippen LogP contribution in [-0.2, 0) is 40.0 Å². The molecule has 3 atom stereocenters. The maximum atomic E-state index is 13.3. The fourth-order valence-corrected chi connectivity index (χ4v) is 4.63. The number of carboxylic acid groups (broad SMARTS) is 4. The van der Waals surface area contributed by atoms with Crippen molar-refractivity contribution < 1.29 is 97.9 Å². The van der Waals surface area contributed by atoms with Gasteiger partial charge in [-0.15, -0.1) is 0 Å². The van der Waals surface area contributed by atoms with E-state index >= 15 is 0 Å². The van der Waals surface area contributed by atoms with E-state index in [1.54, 1.807) is 4.90 Å². The van der Waals surface area contributed by atoms with E-state index in [0.29, 0.717) is 64.5 Å². The van der Waals surface area contributed by atoms with Gasteiger partial charge in [0.1, 0.15) is 12.1 Å². The fraction of sp³-hybridized carbons (Fsp3) is 0.618. The van der Waals surface area contributed by atoms with E-state index in [4.69, 9.17) is 35.4 Å². The number of carbonyl (C=O) groups excluding carboxylic acids is 3. The summed E-state index contributed by atoms with van der Waals surface area (Å²) >= 11 is 0. The number of amides is 3. The van der Waals surface area contributed by atoms with Crippen LogP contribution in [0.1, 0.15) is 70.3 Å². The van der Waals surface area contributed by atoms with Crippen LogP contribution in [0.4, 0.5) is 43.9 Å². The van der Waals surface area contributed by atoms with Gasteiger partial charge in [0.05, 0.1) is 18.6 Å². The van der Waals surface area contributed by atoms with Gasteiger partial charge in [0.15, 0.2) is 0 Å². The van der Waals surface area contributed by atoms with Crippen LogP contribution in [0.25, 0.3) is 0 Å². The predicted octanol–water partition coefficient (Wildman–Crippen LogP) is 4.47. The van der Waals surface area contributed by atoms with Crippen LogP contribution in [-0.4, -0.2) is 123 Å². The molecule has 338 valence electrons. The minimum Gasteiger partial charge on any atom is -0.481 e. The molecule has 8 N–H and O–H groups in total. The molecule has 0 bridgehead atoms. The third-order valence-electron chi connectivity index (χ3n) is 7.74. The highest BCUT2D eigenvalue weighted by Gasteiger charge is 2.39. The standard InChI is InChI=1S/C28H43FN4O5.3C2HF3O2/c1-2-3-12-24(27(36)33-17-14-21(15-18-33)28(37)38)32-26(35)23(13-8-5-9-16-29)31-25(34)22(30)19-20-10-6-4-7-11-20;3*3-2(4,5)1(6)7/h4,6-7,10-11,21-24H,2-3,5,8-9,12-19,30H2,1H3,(H,31,34)(H,32,35)(H,37,38);3*(H,6,7)/t22-,23-,24?;;;/m1.../s1. The summed E-state index contributed by atoms with van der Waals surface area (Å²) in [5, 5.41) is 36.2. The van der Waals surface area contributed by atoms with E-state index in [-0.39, 0.29) is 5.91 Å². The molecule has 25 heteroatoms. The number of alkyl halides is 10. The van der Waals surface area contributed by atoms with Crippen molar-refractivity contribution in [2.75, 3.05) is 19.8 Å². The first-order chi connectivity index (χ1) is 27.1. The number of likely N-dealkylation sites (tertiary alicyclic amines) is 1. The Morgan fingerprint density at radius 3 is 1.51 bits per heavy atom. The maximum Gasteiger partial charge on any atom is 0.490 e. The Morgan fingerprint density at radius 1 is 0.695 bits per heavy atom. The van der Waals surface area contributed by atoms with Gasteiger partial charge in [0.2, 0.25) is 17.7 Å². The van der Waals surface area contributed by atoms with Crippen LogP contribution in [0.2, 0.25) is 0 Å². The normalized spacial score (nSPS) is 14.5. The van der Waals surface area contributed by atoms with Gasteiger partial charge in [-0.05, 0) is 44.1 Å². The molecule has 0 aliphatic carbocycles. The smallest absolute Gasteiger partial charge is 0.481 e. The van der Waals surface area contributed by atoms with E-state index < -0.39 is 84.9 Å². The molecule has 0 spiro atoms. The number of hydrogen-bond acceptors (Lipinski definition) is 8. The van der Waals surface area contributed by atoms with Gasteiger partial charge in [-0.25, -0.2) is 14.4 Å². The molecule has 2 rings (SSSR count). The lowest BCUT2D eigenvalue weighted by molar-refractivity contribution is -0.193. The lowest BCUT2D eigenvalue weighted by Crippen LogP contribution is -2.57. The van der Waals surface area contributed by atoms with Crippen LogP contribution in [0, 0.1) is 5.92 Å². The predicted molar refractivity (Wildman–Crippen MR) is 184 cm³/mol. The Hall–Kier alpha value is -5.23. The Balaban J connectivity index is 0. The highest BCUT2D eigenvalue weighted by molar-refractivity contribution is 5.93. The largest absolute Gasteiger partial charge is 0.490 e. The molecule has 1 aliphatic heterocycles. The topological polar surface area (TPSA) is 254 Å². The second-order valence-corrected chi connectivity index (χ2v) is 12.4. The first-order valence-corrected chi connectivity index (χ1v) is 17.5. The molecule has 1 aromatic carbocycles. The summed E-state index contributed by atoms with van der Waals surface area (Å²) in [6, 6.07) is 6.81. The van der Waals surface area contributed by atoms with E-state index in [1.165, 1.54) is 0 Å². The van der Waals surface area contributed by atoms with Crippen molar-refractivity contribution in [1.29, 1.82) is 0 Å². The van der Waals surface area contributed by atoms with Crippen LogP contribution in [0.15, 0.2) is 30.3 Å². The second-order valence-electron chi connectivity index (χ2n) is 12.4. The summed E-state index contributed by atoms with van der Waals surface area (Å²) in [7, 11) is 0. The summed E-state index contributed by atoms with van der Waals surface area (Å²) in [6.07, 6.45) is -10.4. The average molecular weight is 877 g/mol. The van der Waals surface area contributed by atoms with E-state index in [0.717, 1.165) is 18.4 Å². The lowest BCUT2D eigenvalue weighted by atomic mass is 9.96. The number of halogens is 10. The molecule has 0 aromatic heterocycles. The molecular formula is C34H46F10N4O11. The number of nitrogens with two attached hydrogens (primary N) is 1. The minimum absolute atomic E-state index is 0.237. The van der Waals surface area contributed by atoms with Crippen LogP contribution >= 0.6 is 0 Å². The van der Waals surface area contributed by atoms with E-state index in [9.17, 15) is 68.2 Å². The zero-order chi connectivity index (χ0) is 46.1. The lowest BCUT2D eigenvalue weighted by Gasteiger charge is -2.33. The molecular weight excluding hydrogens is 830 g/mol. The number of nitrogens with zero attached hydrogens (tertiary/aromatic N) is 1. The first-order valence-electron chi connectivity index (χ1n) is 17.5. The number of piperidine rings is 1. The number of aliphatic carboxylic acids is 4. The second kappa shape index (κ2) is 27.5. The summed E-state index contributed by atoms with van der Waals surface area (Å²) in [4.78, 5) is 79.1. The summed E-state index contributed by atoms with van der Waals surface area (Å²) in [5.74, 6) is -10.8. The van der Waals surface area contributed by atoms with Gasteiger partial charge in [-0.2, -0.15) is 39.5 Å². The number of carboxylic acids is 4. The van der Waals surface area contributed by atoms with Crippen molar-refractivity contribution in [3.63, 3.8) is 0 Å². The minimum atomic E-state index is -5.08. The number of nitrogens with one attached hydrogen (secondary N) is 2. The van der Waals surface area contributed by atoms with Crippen molar-refractivity contribution in [3.05, 3.63) is 35.9 Å². The third-order valence-corrected chi connectivity index (χ3v) is 7.74. The SMILES string of the molecule is CCCCC(NC(=O)[C@@H](CCCCCF)NC(=O)[C@H](N)Cc1ccccc1)C(=O)N1CCC(C(=O)O)CC1.O=C(O)C(F)(F)F.O=C(O)C(F)(F)F.O=C(O)C(F)(F)F. The van der Waals surface area contributed by atoms with Crippen molar-refractivity contribution >= 4 is 41.6 Å². The molecule has 1 heterocycles. The molecule has 0 radical (unpaired) electrons. The molecule has 1 aliphatic rings. The Kier molecular flexibility index (Phi) is 26.0. The number of benzene rings is 1. The molecule has 1 unspecified atom stereocenters. The third kappa shape index (κ3) is 25.7. The Labute approximate surface area is 330 Å². The number of rotatable bonds is 16. The molecule has 59 heavy (non-hydrogen) atoms. The van der Waals surface area contributed by atoms with Gasteiger partial charge in [-0.1, -0.05) is 62.9 Å². The van der Waals surface area contributed by atoms with E-state index in [1.807, 2.05) is 37.3 Å². The first kappa shape index (κ1) is 55.9. The van der Waals surface area contributed by atoms with Crippen LogP contribution < -0.4 is 16.4 Å². The molecule has 1 fully saturated rings. The zero-order valence-electron chi connectivity index (χ0n) is 31.3. The van der Waals surface area contributed by atoms with Crippen molar-refractivity contribution in [2.45, 2.75) is 108 Å². The van der Waals surface area contributed by atoms with Crippen molar-refractivity contribution in [2.24, 2.45) is 11.7 Å². The Bertz CT molecular complexity index is 1420. The maximum absolute atomic E-state index is 13.3. The molecule has 1 aromatic rings. The monoisotopic (exact) mass is 876 g/mol. The summed E-state index contributed by atoms with van der Waals surface area (Å²) in [5.41, 5.74) is 7.02. The van der Waals surface area contributed by atoms with Crippen LogP contribution in [0.3, 0.4) is 0 Å². The number of hydrogen-bond donors (Lipinski definition) is 7. The zero-order valence-corrected chi connectivity index (χ0v) is 31.3. The number of carbonyl (C=O) groups is 7. The van der Waals surface area contributed by atoms with Gasteiger partial charge in [-0.3, -0.25) is 23.6 Å². The van der Waals surface area contributed by atoms with Gasteiger partial charge in [0, 0.05) is 13.1 Å². The molecule has 3 amide bonds. The quantitative estimate of drug-likeness (QED) is 0.0898. The molecule has 0 saturated carbocycles. The van der Waals surface area contributed by atoms with E-state index in [2.05, 4.69) is 10.6 Å². The highest BCUT2D eigenvalue weighted by atomic mass is 19.4. The summed E-state index contributed by atoms with van der Waals surface area (Å²) in [6.45, 7) is 2.19. The van der Waals surface area contributed by atoms with Crippen molar-refractivity contribution in [1.82, 2.24) is 15.5 Å². The molecule has 15 nitrogen and oxygen atoms in total. The van der Waals surface area contributed by atoms with Gasteiger partial charge < -0.3 is 41.7 Å².